The summed E-state index contributed by atoms with van der Waals surface area (Å²) in [5, 5.41) is 4.55. The van der Waals surface area contributed by atoms with E-state index in [-0.39, 0.29) is 12.1 Å². The van der Waals surface area contributed by atoms with Crippen LogP contribution in [0.15, 0.2) is 138 Å². The molecule has 2 aliphatic carbocycles. The van der Waals surface area contributed by atoms with Crippen LogP contribution in [0.25, 0.3) is 22.3 Å². The lowest BCUT2D eigenvalue weighted by molar-refractivity contribution is -0.0806. The molecule has 3 aliphatic rings. The highest BCUT2D eigenvalue weighted by atomic mass is 127. The number of hydrazone groups is 1. The van der Waals surface area contributed by atoms with Crippen molar-refractivity contribution in [2.75, 3.05) is 0 Å². The zero-order chi connectivity index (χ0) is 36.7. The molecule has 264 valence electrons. The Labute approximate surface area is 336 Å². The molecule has 7 nitrogen and oxygen atoms in total. The molecule has 5 aromatic carbocycles. The van der Waals surface area contributed by atoms with E-state index in [1.807, 2.05) is 81.5 Å². The third-order valence-corrected chi connectivity index (χ3v) is 10.6. The minimum Gasteiger partial charge on any atom is -0.444 e. The standard InChI is InChI=1S/C44H36I2N3O4/c1-5-47-42(50-26(2)3)29-8-16-34(17-9-29)52-44(53-35-18-10-30(11-19-35)43-49-48-27(4)36-22-23-41(36)51-43)39-24-31(28-6-13-32(45)14-7-28)12-20-37(39)38-21-15-33(46)25-40(38)44/h5-27,48H,1-4H3/q+1/t27-,44?/m0/s1. The van der Waals surface area contributed by atoms with Gasteiger partial charge in [0.05, 0.1) is 11.6 Å². The Kier molecular flexibility index (Phi) is 9.65. The minimum absolute atomic E-state index is 0.0189. The van der Waals surface area contributed by atoms with Gasteiger partial charge in [0.2, 0.25) is 5.90 Å². The van der Waals surface area contributed by atoms with Crippen LogP contribution >= 0.6 is 45.2 Å². The zero-order valence-corrected chi connectivity index (χ0v) is 33.9. The van der Waals surface area contributed by atoms with Crippen molar-refractivity contribution in [1.29, 1.82) is 0 Å². The summed E-state index contributed by atoms with van der Waals surface area (Å²) in [5.41, 5.74) is 12.1. The molecule has 0 fully saturated rings. The molecule has 1 unspecified atom stereocenters. The van der Waals surface area contributed by atoms with Gasteiger partial charge in [0.1, 0.15) is 28.9 Å². The second-order valence-electron chi connectivity index (χ2n) is 13.2. The smallest absolute Gasteiger partial charge is 0.444 e. The van der Waals surface area contributed by atoms with Gasteiger partial charge in [-0.05, 0) is 179 Å². The van der Waals surface area contributed by atoms with Crippen molar-refractivity contribution in [3.8, 4) is 33.8 Å². The Morgan fingerprint density at radius 2 is 1.38 bits per heavy atom. The van der Waals surface area contributed by atoms with Crippen molar-refractivity contribution in [3.63, 3.8) is 0 Å². The molecule has 0 saturated carbocycles. The van der Waals surface area contributed by atoms with Crippen LogP contribution in [-0.4, -0.2) is 30.2 Å². The van der Waals surface area contributed by atoms with Crippen LogP contribution in [0.3, 0.4) is 0 Å². The van der Waals surface area contributed by atoms with Gasteiger partial charge in [-0.3, -0.25) is 5.43 Å². The lowest BCUT2D eigenvalue weighted by Crippen LogP contribution is -2.39. The maximum absolute atomic E-state index is 7.19. The van der Waals surface area contributed by atoms with Crippen LogP contribution in [0.4, 0.5) is 0 Å². The molecule has 5 aromatic rings. The summed E-state index contributed by atoms with van der Waals surface area (Å²) in [6, 6.07) is 37.2. The molecule has 0 spiro atoms. The van der Waals surface area contributed by atoms with Gasteiger partial charge in [-0.2, -0.15) is 0 Å². The summed E-state index contributed by atoms with van der Waals surface area (Å²) in [6.07, 6.45) is 5.73. The Hall–Kier alpha value is -4.84. The summed E-state index contributed by atoms with van der Waals surface area (Å²) in [4.78, 5) is 0. The second-order valence-corrected chi connectivity index (χ2v) is 15.7. The normalized spacial score (nSPS) is 17.9. The topological polar surface area (TPSA) is 75.4 Å². The highest BCUT2D eigenvalue weighted by Gasteiger charge is 2.49. The maximum Gasteiger partial charge on any atom is 0.494 e. The fourth-order valence-electron chi connectivity index (χ4n) is 6.63. The largest absolute Gasteiger partial charge is 0.494 e. The molecule has 8 rings (SSSR count). The molecular formula is C44H36I2N3O4+. The van der Waals surface area contributed by atoms with Crippen LogP contribution in [0, 0.1) is 7.14 Å². The van der Waals surface area contributed by atoms with Gasteiger partial charge >= 0.3 is 11.7 Å². The molecular weight excluding hydrogens is 888 g/mol. The van der Waals surface area contributed by atoms with Crippen molar-refractivity contribution in [3.05, 3.63) is 162 Å². The number of nitrogens with zero attached hydrogens (tertiary/aromatic N) is 2. The van der Waals surface area contributed by atoms with Gasteiger partial charge in [-0.15, -0.1) is 5.10 Å². The molecule has 0 radical (unpaired) electrons. The van der Waals surface area contributed by atoms with E-state index in [4.69, 9.17) is 18.9 Å². The highest BCUT2D eigenvalue weighted by molar-refractivity contribution is 14.1. The molecule has 0 aromatic heterocycles. The zero-order valence-electron chi connectivity index (χ0n) is 29.6. The molecule has 9 heteroatoms. The molecule has 2 atom stereocenters. The average Bonchev–Trinajstić information content (AvgIpc) is 3.32. The molecule has 0 amide bonds. The summed E-state index contributed by atoms with van der Waals surface area (Å²) >= 11 is 4.69. The van der Waals surface area contributed by atoms with E-state index in [0.717, 1.165) is 59.4 Å². The van der Waals surface area contributed by atoms with Crippen molar-refractivity contribution in [2.45, 2.75) is 45.6 Å². The third kappa shape index (κ3) is 6.89. The number of benzene rings is 5. The van der Waals surface area contributed by atoms with E-state index in [9.17, 15) is 0 Å². The van der Waals surface area contributed by atoms with E-state index in [1.165, 1.54) is 3.57 Å². The molecule has 1 heterocycles. The number of ether oxygens (including phenoxy) is 4. The second kappa shape index (κ2) is 14.5. The van der Waals surface area contributed by atoms with Gasteiger partial charge in [0.15, 0.2) is 0 Å². The Morgan fingerprint density at radius 3 is 2.02 bits per heavy atom. The van der Waals surface area contributed by atoms with E-state index in [2.05, 4.69) is 128 Å². The molecule has 53 heavy (non-hydrogen) atoms. The first kappa shape index (κ1) is 35.2. The van der Waals surface area contributed by atoms with Crippen LogP contribution < -0.4 is 19.6 Å². The lowest BCUT2D eigenvalue weighted by Gasteiger charge is -2.33. The number of hydrogen-bond acceptors (Lipinski definition) is 6. The van der Waals surface area contributed by atoms with Crippen molar-refractivity contribution < 1.29 is 18.9 Å². The summed E-state index contributed by atoms with van der Waals surface area (Å²) in [6.45, 7) is 7.93. The number of rotatable bonds is 8. The first-order valence-electron chi connectivity index (χ1n) is 17.5. The number of nitrogens with one attached hydrogen (secondary N) is 1. The average molecular weight is 925 g/mol. The SMILES string of the molecule is CC=[N+]=C(OC(C)C)c1ccc(OC2(Oc3ccc(C4=NN[C@@H](C)C5=CC=C5O4)cc3)c3cc(I)ccc3-c3ccc(-c4ccc(I)cc4)cc32)cc1. The van der Waals surface area contributed by atoms with Gasteiger partial charge in [0, 0.05) is 30.8 Å². The Morgan fingerprint density at radius 1 is 0.774 bits per heavy atom. The van der Waals surface area contributed by atoms with Crippen LogP contribution in [0.2, 0.25) is 0 Å². The molecule has 1 N–H and O–H groups in total. The van der Waals surface area contributed by atoms with Crippen molar-refractivity contribution in [2.24, 2.45) is 5.10 Å². The quantitative estimate of drug-likeness (QED) is 0.0552. The predicted octanol–water partition coefficient (Wildman–Crippen LogP) is 9.73. The number of fused-ring (bicyclic) bond motifs is 4. The summed E-state index contributed by atoms with van der Waals surface area (Å²) < 4.78 is 33.3. The first-order chi connectivity index (χ1) is 25.7. The fraction of sp³-hybridized carbons (Fsp3) is 0.159. The summed E-state index contributed by atoms with van der Waals surface area (Å²) in [5.74, 6) is 1.81. The van der Waals surface area contributed by atoms with E-state index in [0.29, 0.717) is 23.3 Å². The van der Waals surface area contributed by atoms with E-state index < -0.39 is 5.79 Å². The number of halogens is 2. The molecule has 0 saturated heterocycles. The Balaban J connectivity index is 1.23. The number of allylic oxidation sites excluding steroid dienone is 2. The Bertz CT molecular complexity index is 2380. The fourth-order valence-corrected chi connectivity index (χ4v) is 7.48. The van der Waals surface area contributed by atoms with E-state index >= 15 is 0 Å². The summed E-state index contributed by atoms with van der Waals surface area (Å²) in [7, 11) is 0. The van der Waals surface area contributed by atoms with Crippen LogP contribution in [-0.2, 0) is 15.3 Å². The van der Waals surface area contributed by atoms with Gasteiger partial charge in [0.25, 0.3) is 6.21 Å². The highest BCUT2D eigenvalue weighted by Crippen LogP contribution is 2.52. The van der Waals surface area contributed by atoms with Crippen LogP contribution in [0.1, 0.15) is 49.9 Å². The predicted molar refractivity (Wildman–Crippen MR) is 228 cm³/mol. The minimum atomic E-state index is -1.33. The third-order valence-electron chi connectivity index (χ3n) is 9.23. The van der Waals surface area contributed by atoms with Gasteiger partial charge in [-0.25, -0.2) is 0 Å². The monoisotopic (exact) mass is 924 g/mol. The molecule has 0 bridgehead atoms. The first-order valence-corrected chi connectivity index (χ1v) is 19.6. The van der Waals surface area contributed by atoms with E-state index in [1.54, 1.807) is 6.21 Å². The van der Waals surface area contributed by atoms with Crippen molar-refractivity contribution >= 4 is 63.2 Å². The van der Waals surface area contributed by atoms with Gasteiger partial charge < -0.3 is 18.9 Å². The number of hydrogen-bond donors (Lipinski definition) is 1. The molecule has 1 aliphatic heterocycles. The maximum atomic E-state index is 7.19. The van der Waals surface area contributed by atoms with Crippen LogP contribution in [0.5, 0.6) is 11.5 Å². The lowest BCUT2D eigenvalue weighted by atomic mass is 9.97. The van der Waals surface area contributed by atoms with Gasteiger partial charge in [-0.1, -0.05) is 35.0 Å². The van der Waals surface area contributed by atoms with Crippen molar-refractivity contribution in [1.82, 2.24) is 10.1 Å².